The number of rotatable bonds is 6. The van der Waals surface area contributed by atoms with Crippen LogP contribution in [0.5, 0.6) is 0 Å². The molecule has 0 saturated carbocycles. The van der Waals surface area contributed by atoms with Crippen molar-refractivity contribution in [2.45, 2.75) is 51.5 Å². The Morgan fingerprint density at radius 2 is 1.92 bits per heavy atom. The molecule has 0 unspecified atom stereocenters. The van der Waals surface area contributed by atoms with Crippen LogP contribution in [0.15, 0.2) is 35.9 Å². The zero-order valence-corrected chi connectivity index (χ0v) is 14.2. The van der Waals surface area contributed by atoms with Crippen LogP contribution < -0.4 is 5.32 Å². The van der Waals surface area contributed by atoms with Gasteiger partial charge in [-0.25, -0.2) is 0 Å². The van der Waals surface area contributed by atoms with E-state index in [1.165, 1.54) is 31.3 Å². The smallest absolute Gasteiger partial charge is 0.251 e. The van der Waals surface area contributed by atoms with Crippen molar-refractivity contribution in [3.63, 3.8) is 0 Å². The Morgan fingerprint density at radius 3 is 2.58 bits per heavy atom. The summed E-state index contributed by atoms with van der Waals surface area (Å²) >= 11 is 0. The number of likely N-dealkylation sites (tertiary alicyclic amines) is 1. The first-order valence-corrected chi connectivity index (χ1v) is 9.05. The summed E-state index contributed by atoms with van der Waals surface area (Å²) in [5.41, 5.74) is 3.24. The molecule has 1 aromatic carbocycles. The number of nitrogens with one attached hydrogen (secondary N) is 1. The molecule has 0 bridgehead atoms. The van der Waals surface area contributed by atoms with Crippen molar-refractivity contribution in [3.8, 4) is 0 Å². The van der Waals surface area contributed by atoms with E-state index in [0.717, 1.165) is 24.9 Å². The average Bonchev–Trinajstić information content (AvgIpc) is 3.01. The molecule has 1 fully saturated rings. The first kappa shape index (κ1) is 16.7. The van der Waals surface area contributed by atoms with Gasteiger partial charge in [0.1, 0.15) is 0 Å². The molecule has 1 aliphatic carbocycles. The largest absolute Gasteiger partial charge is 0.352 e. The number of carbonyl (C=O) groups excluding carboxylic acids is 2. The van der Waals surface area contributed by atoms with Gasteiger partial charge in [0.2, 0.25) is 5.91 Å². The van der Waals surface area contributed by atoms with E-state index in [0.29, 0.717) is 25.1 Å². The van der Waals surface area contributed by atoms with Crippen molar-refractivity contribution in [2.75, 3.05) is 13.1 Å². The van der Waals surface area contributed by atoms with Crippen molar-refractivity contribution >= 4 is 11.8 Å². The van der Waals surface area contributed by atoms with Gasteiger partial charge >= 0.3 is 0 Å². The zero-order chi connectivity index (χ0) is 16.8. The van der Waals surface area contributed by atoms with Gasteiger partial charge in [0.05, 0.1) is 0 Å². The molecule has 2 aliphatic rings. The van der Waals surface area contributed by atoms with E-state index in [-0.39, 0.29) is 11.8 Å². The summed E-state index contributed by atoms with van der Waals surface area (Å²) in [4.78, 5) is 25.7. The van der Waals surface area contributed by atoms with Crippen LogP contribution in [0.25, 0.3) is 0 Å². The van der Waals surface area contributed by atoms with Crippen LogP contribution >= 0.6 is 0 Å². The second-order valence-electron chi connectivity index (χ2n) is 6.73. The van der Waals surface area contributed by atoms with Gasteiger partial charge in [-0.1, -0.05) is 23.8 Å². The summed E-state index contributed by atoms with van der Waals surface area (Å²) in [6.07, 6.45) is 9.84. The highest BCUT2D eigenvalue weighted by atomic mass is 16.2. The predicted octanol–water partition coefficient (Wildman–Crippen LogP) is 3.43. The van der Waals surface area contributed by atoms with Crippen LogP contribution in [0.4, 0.5) is 0 Å². The number of hydrogen-bond donors (Lipinski definition) is 1. The first-order chi connectivity index (χ1) is 11.7. The molecule has 0 aromatic heterocycles. The fourth-order valence-electron chi connectivity index (χ4n) is 3.42. The van der Waals surface area contributed by atoms with Gasteiger partial charge in [0.25, 0.3) is 5.91 Å². The monoisotopic (exact) mass is 326 g/mol. The van der Waals surface area contributed by atoms with E-state index in [2.05, 4.69) is 11.4 Å². The van der Waals surface area contributed by atoms with Crippen LogP contribution in [0, 0.1) is 0 Å². The first-order valence-electron chi connectivity index (χ1n) is 9.05. The van der Waals surface area contributed by atoms with E-state index in [9.17, 15) is 9.59 Å². The Bertz CT molecular complexity index is 619. The topological polar surface area (TPSA) is 49.4 Å². The minimum Gasteiger partial charge on any atom is -0.352 e. The minimum absolute atomic E-state index is 0.0183. The van der Waals surface area contributed by atoms with E-state index >= 15 is 0 Å². The predicted molar refractivity (Wildman–Crippen MR) is 94.6 cm³/mol. The van der Waals surface area contributed by atoms with Crippen molar-refractivity contribution in [2.24, 2.45) is 0 Å². The van der Waals surface area contributed by atoms with Gasteiger partial charge in [0.15, 0.2) is 0 Å². The van der Waals surface area contributed by atoms with Gasteiger partial charge < -0.3 is 10.2 Å². The standard InChI is InChI=1S/C20H26N2O2/c23-19-7-4-14-22(19)15-17-8-10-18(11-9-17)20(24)21-13-12-16-5-2-1-3-6-16/h5,8-11H,1-4,6-7,12-15H2,(H,21,24). The van der Waals surface area contributed by atoms with Crippen LogP contribution in [0.1, 0.15) is 60.9 Å². The molecule has 24 heavy (non-hydrogen) atoms. The van der Waals surface area contributed by atoms with Crippen LogP contribution in [0.3, 0.4) is 0 Å². The van der Waals surface area contributed by atoms with Crippen molar-refractivity contribution in [3.05, 3.63) is 47.0 Å². The Morgan fingerprint density at radius 1 is 1.08 bits per heavy atom. The normalized spacial score (nSPS) is 17.8. The maximum absolute atomic E-state index is 12.2. The molecule has 1 heterocycles. The molecule has 4 heteroatoms. The van der Waals surface area contributed by atoms with Gasteiger partial charge in [-0.3, -0.25) is 9.59 Å². The average molecular weight is 326 g/mol. The lowest BCUT2D eigenvalue weighted by molar-refractivity contribution is -0.128. The van der Waals surface area contributed by atoms with E-state index in [1.807, 2.05) is 29.2 Å². The highest BCUT2D eigenvalue weighted by Crippen LogP contribution is 2.19. The van der Waals surface area contributed by atoms with Gasteiger partial charge in [-0.15, -0.1) is 0 Å². The third kappa shape index (κ3) is 4.47. The Hall–Kier alpha value is -2.10. The summed E-state index contributed by atoms with van der Waals surface area (Å²) in [6.45, 7) is 2.19. The summed E-state index contributed by atoms with van der Waals surface area (Å²) < 4.78 is 0. The second-order valence-corrected chi connectivity index (χ2v) is 6.73. The SMILES string of the molecule is O=C(NCCC1=CCCCC1)c1ccc(CN2CCCC2=O)cc1. The fourth-order valence-corrected chi connectivity index (χ4v) is 3.42. The minimum atomic E-state index is -0.0183. The maximum atomic E-state index is 12.2. The molecule has 0 atom stereocenters. The summed E-state index contributed by atoms with van der Waals surface area (Å²) in [6, 6.07) is 7.60. The Kier molecular flexibility index (Phi) is 5.68. The third-order valence-electron chi connectivity index (χ3n) is 4.88. The van der Waals surface area contributed by atoms with Crippen molar-refractivity contribution in [1.82, 2.24) is 10.2 Å². The lowest BCUT2D eigenvalue weighted by atomic mass is 9.97. The second kappa shape index (κ2) is 8.13. The molecular weight excluding hydrogens is 300 g/mol. The Labute approximate surface area is 143 Å². The third-order valence-corrected chi connectivity index (χ3v) is 4.88. The maximum Gasteiger partial charge on any atom is 0.251 e. The quantitative estimate of drug-likeness (QED) is 0.814. The van der Waals surface area contributed by atoms with Crippen molar-refractivity contribution < 1.29 is 9.59 Å². The van der Waals surface area contributed by atoms with E-state index in [1.54, 1.807) is 0 Å². The van der Waals surface area contributed by atoms with Gasteiger partial charge in [0, 0.05) is 31.6 Å². The molecule has 1 saturated heterocycles. The lowest BCUT2D eigenvalue weighted by Crippen LogP contribution is -2.25. The summed E-state index contributed by atoms with van der Waals surface area (Å²) in [7, 11) is 0. The van der Waals surface area contributed by atoms with Crippen LogP contribution in [0.2, 0.25) is 0 Å². The molecule has 2 amide bonds. The van der Waals surface area contributed by atoms with Crippen LogP contribution in [-0.2, 0) is 11.3 Å². The zero-order valence-electron chi connectivity index (χ0n) is 14.2. The number of carbonyl (C=O) groups is 2. The van der Waals surface area contributed by atoms with Crippen molar-refractivity contribution in [1.29, 1.82) is 0 Å². The van der Waals surface area contributed by atoms with Gasteiger partial charge in [-0.05, 0) is 56.2 Å². The number of allylic oxidation sites excluding steroid dienone is 1. The summed E-state index contributed by atoms with van der Waals surface area (Å²) in [5.74, 6) is 0.212. The molecule has 0 radical (unpaired) electrons. The van der Waals surface area contributed by atoms with E-state index < -0.39 is 0 Å². The van der Waals surface area contributed by atoms with E-state index in [4.69, 9.17) is 0 Å². The highest BCUT2D eigenvalue weighted by molar-refractivity contribution is 5.94. The molecule has 4 nitrogen and oxygen atoms in total. The molecule has 1 aliphatic heterocycles. The van der Waals surface area contributed by atoms with Crippen LogP contribution in [-0.4, -0.2) is 29.8 Å². The fraction of sp³-hybridized carbons (Fsp3) is 0.500. The number of benzene rings is 1. The highest BCUT2D eigenvalue weighted by Gasteiger charge is 2.19. The number of amides is 2. The molecule has 0 spiro atoms. The molecule has 1 N–H and O–H groups in total. The molecule has 3 rings (SSSR count). The summed E-state index contributed by atoms with van der Waals surface area (Å²) in [5, 5.41) is 3.00. The Balaban J connectivity index is 1.46. The van der Waals surface area contributed by atoms with Gasteiger partial charge in [-0.2, -0.15) is 0 Å². The lowest BCUT2D eigenvalue weighted by Gasteiger charge is -2.15. The molecule has 128 valence electrons. The number of hydrogen-bond acceptors (Lipinski definition) is 2. The number of nitrogens with zero attached hydrogens (tertiary/aromatic N) is 1. The molecular formula is C20H26N2O2. The molecule has 1 aromatic rings.